The van der Waals surface area contributed by atoms with Crippen molar-refractivity contribution in [2.75, 3.05) is 0 Å². The molecule has 1 aromatic carbocycles. The molecule has 0 spiro atoms. The lowest BCUT2D eigenvalue weighted by atomic mass is 10.1. The molecule has 0 bridgehead atoms. The highest BCUT2D eigenvalue weighted by Gasteiger charge is 2.25. The van der Waals surface area contributed by atoms with Gasteiger partial charge in [0, 0.05) is 5.02 Å². The van der Waals surface area contributed by atoms with Crippen LogP contribution in [0.1, 0.15) is 37.9 Å². The zero-order valence-electron chi connectivity index (χ0n) is 11.9. The molecule has 20 heavy (non-hydrogen) atoms. The average molecular weight is 300 g/mol. The van der Waals surface area contributed by atoms with Gasteiger partial charge < -0.3 is 15.2 Å². The smallest absolute Gasteiger partial charge is 0.408 e. The van der Waals surface area contributed by atoms with Gasteiger partial charge in [-0.2, -0.15) is 0 Å². The van der Waals surface area contributed by atoms with Gasteiger partial charge in [0.2, 0.25) is 0 Å². The second-order valence-corrected chi connectivity index (χ2v) is 5.83. The molecule has 2 N–H and O–H groups in total. The van der Waals surface area contributed by atoms with Gasteiger partial charge in [0.1, 0.15) is 5.60 Å². The van der Waals surface area contributed by atoms with Gasteiger partial charge >= 0.3 is 12.1 Å². The molecule has 1 aromatic rings. The van der Waals surface area contributed by atoms with Crippen LogP contribution in [0.25, 0.3) is 0 Å². The van der Waals surface area contributed by atoms with Crippen molar-refractivity contribution < 1.29 is 19.4 Å². The standard InChI is InChI=1S/C14H18ClNO4/c1-8-5-6-9(7-10(8)15)11(12(17)18)16-13(19)20-14(2,3)4/h5-7,11H,1-4H3,(H,16,19)(H,17,18). The van der Waals surface area contributed by atoms with E-state index in [0.717, 1.165) is 5.56 Å². The molecule has 1 amide bonds. The number of nitrogens with one attached hydrogen (secondary N) is 1. The van der Waals surface area contributed by atoms with Crippen LogP contribution in [0.3, 0.4) is 0 Å². The van der Waals surface area contributed by atoms with Gasteiger partial charge in [0.05, 0.1) is 0 Å². The molecule has 5 nitrogen and oxygen atoms in total. The monoisotopic (exact) mass is 299 g/mol. The summed E-state index contributed by atoms with van der Waals surface area (Å²) in [6, 6.07) is 3.62. The van der Waals surface area contributed by atoms with E-state index in [1.807, 2.05) is 6.92 Å². The molecule has 0 fully saturated rings. The molecule has 1 atom stereocenters. The number of amides is 1. The van der Waals surface area contributed by atoms with Crippen LogP contribution in [0, 0.1) is 6.92 Å². The first-order valence-corrected chi connectivity index (χ1v) is 6.46. The lowest BCUT2D eigenvalue weighted by Crippen LogP contribution is -2.38. The number of alkyl carbamates (subject to hydrolysis) is 1. The van der Waals surface area contributed by atoms with Crippen LogP contribution >= 0.6 is 11.6 Å². The number of carbonyl (C=O) groups is 2. The minimum Gasteiger partial charge on any atom is -0.479 e. The number of hydrogen-bond acceptors (Lipinski definition) is 3. The molecule has 1 unspecified atom stereocenters. The van der Waals surface area contributed by atoms with Crippen LogP contribution in [0.4, 0.5) is 4.79 Å². The highest BCUT2D eigenvalue weighted by atomic mass is 35.5. The number of carboxylic acids is 1. The van der Waals surface area contributed by atoms with Gasteiger partial charge in [-0.25, -0.2) is 9.59 Å². The van der Waals surface area contributed by atoms with Crippen molar-refractivity contribution in [1.29, 1.82) is 0 Å². The highest BCUT2D eigenvalue weighted by molar-refractivity contribution is 6.31. The summed E-state index contributed by atoms with van der Waals surface area (Å²) in [4.78, 5) is 23.0. The molecule has 0 heterocycles. The lowest BCUT2D eigenvalue weighted by Gasteiger charge is -2.22. The predicted octanol–water partition coefficient (Wildman–Crippen LogP) is 3.30. The maximum absolute atomic E-state index is 11.7. The third-order valence-corrected chi connectivity index (χ3v) is 2.84. The molecule has 0 aromatic heterocycles. The SMILES string of the molecule is Cc1ccc(C(NC(=O)OC(C)(C)C)C(=O)O)cc1Cl. The van der Waals surface area contributed by atoms with E-state index >= 15 is 0 Å². The van der Waals surface area contributed by atoms with Crippen LogP contribution in [0.2, 0.25) is 5.02 Å². The second kappa shape index (κ2) is 6.13. The molecule has 0 saturated heterocycles. The molecule has 0 aliphatic rings. The first-order valence-electron chi connectivity index (χ1n) is 6.08. The molecular formula is C14H18ClNO4. The maximum Gasteiger partial charge on any atom is 0.408 e. The predicted molar refractivity (Wildman–Crippen MR) is 75.9 cm³/mol. The van der Waals surface area contributed by atoms with Crippen molar-refractivity contribution in [3.63, 3.8) is 0 Å². The van der Waals surface area contributed by atoms with Crippen LogP contribution in [-0.2, 0) is 9.53 Å². The first-order chi connectivity index (χ1) is 9.10. The third kappa shape index (κ3) is 4.74. The number of halogens is 1. The lowest BCUT2D eigenvalue weighted by molar-refractivity contribution is -0.139. The van der Waals surface area contributed by atoms with E-state index in [0.29, 0.717) is 10.6 Å². The van der Waals surface area contributed by atoms with E-state index in [1.165, 1.54) is 6.07 Å². The van der Waals surface area contributed by atoms with Gasteiger partial charge in [-0.15, -0.1) is 0 Å². The van der Waals surface area contributed by atoms with E-state index in [1.54, 1.807) is 32.9 Å². The Morgan fingerprint density at radius 3 is 2.40 bits per heavy atom. The summed E-state index contributed by atoms with van der Waals surface area (Å²) in [5, 5.41) is 12.0. The van der Waals surface area contributed by atoms with E-state index in [4.69, 9.17) is 16.3 Å². The number of rotatable bonds is 3. The number of hydrogen-bond donors (Lipinski definition) is 2. The Bertz CT molecular complexity index is 522. The van der Waals surface area contributed by atoms with Crippen molar-refractivity contribution in [3.05, 3.63) is 34.3 Å². The molecule has 0 aliphatic carbocycles. The Balaban J connectivity index is 2.92. The molecular weight excluding hydrogens is 282 g/mol. The first kappa shape index (κ1) is 16.3. The Morgan fingerprint density at radius 2 is 1.95 bits per heavy atom. The Kier molecular flexibility index (Phi) is 5.00. The van der Waals surface area contributed by atoms with Gasteiger partial charge in [0.15, 0.2) is 6.04 Å². The van der Waals surface area contributed by atoms with Crippen molar-refractivity contribution in [1.82, 2.24) is 5.32 Å². The third-order valence-electron chi connectivity index (χ3n) is 2.44. The fraction of sp³-hybridized carbons (Fsp3) is 0.429. The van der Waals surface area contributed by atoms with Crippen LogP contribution < -0.4 is 5.32 Å². The zero-order chi connectivity index (χ0) is 15.5. The molecule has 0 aliphatic heterocycles. The summed E-state index contributed by atoms with van der Waals surface area (Å²) in [6.45, 7) is 6.91. The topological polar surface area (TPSA) is 75.6 Å². The van der Waals surface area contributed by atoms with Gasteiger partial charge in [-0.3, -0.25) is 0 Å². The summed E-state index contributed by atoms with van der Waals surface area (Å²) in [6.07, 6.45) is -0.790. The van der Waals surface area contributed by atoms with Crippen molar-refractivity contribution in [3.8, 4) is 0 Å². The summed E-state index contributed by atoms with van der Waals surface area (Å²) in [5.41, 5.74) is 0.522. The van der Waals surface area contributed by atoms with Crippen LogP contribution in [0.5, 0.6) is 0 Å². The van der Waals surface area contributed by atoms with E-state index in [2.05, 4.69) is 5.32 Å². The van der Waals surface area contributed by atoms with Crippen LogP contribution in [0.15, 0.2) is 18.2 Å². The largest absolute Gasteiger partial charge is 0.479 e. The molecule has 6 heteroatoms. The molecule has 0 radical (unpaired) electrons. The summed E-state index contributed by atoms with van der Waals surface area (Å²) in [5.74, 6) is -1.18. The van der Waals surface area contributed by atoms with Crippen molar-refractivity contribution in [2.45, 2.75) is 39.3 Å². The molecule has 110 valence electrons. The Hall–Kier alpha value is -1.75. The Morgan fingerprint density at radius 1 is 1.35 bits per heavy atom. The van der Waals surface area contributed by atoms with E-state index < -0.39 is 23.7 Å². The fourth-order valence-electron chi connectivity index (χ4n) is 1.50. The van der Waals surface area contributed by atoms with Gasteiger partial charge in [-0.1, -0.05) is 23.7 Å². The normalized spacial score (nSPS) is 12.7. The molecule has 0 saturated carbocycles. The average Bonchev–Trinajstić information content (AvgIpc) is 2.27. The van der Waals surface area contributed by atoms with Crippen LogP contribution in [-0.4, -0.2) is 22.8 Å². The number of aryl methyl sites for hydroxylation is 1. The Labute approximate surface area is 122 Å². The second-order valence-electron chi connectivity index (χ2n) is 5.43. The quantitative estimate of drug-likeness (QED) is 0.898. The number of carboxylic acid groups (broad SMARTS) is 1. The minimum absolute atomic E-state index is 0.388. The summed E-state index contributed by atoms with van der Waals surface area (Å²) < 4.78 is 5.05. The number of benzene rings is 1. The fourth-order valence-corrected chi connectivity index (χ4v) is 1.69. The maximum atomic E-state index is 11.7. The van der Waals surface area contributed by atoms with Gasteiger partial charge in [0.25, 0.3) is 0 Å². The number of aliphatic carboxylic acids is 1. The van der Waals surface area contributed by atoms with Crippen molar-refractivity contribution in [2.24, 2.45) is 0 Å². The van der Waals surface area contributed by atoms with E-state index in [-0.39, 0.29) is 0 Å². The van der Waals surface area contributed by atoms with E-state index in [9.17, 15) is 14.7 Å². The number of ether oxygens (including phenoxy) is 1. The molecule has 1 rings (SSSR count). The van der Waals surface area contributed by atoms with Gasteiger partial charge in [-0.05, 0) is 44.9 Å². The minimum atomic E-state index is -1.21. The summed E-state index contributed by atoms with van der Waals surface area (Å²) >= 11 is 5.97. The summed E-state index contributed by atoms with van der Waals surface area (Å²) in [7, 11) is 0. The zero-order valence-corrected chi connectivity index (χ0v) is 12.6. The van der Waals surface area contributed by atoms with Crippen molar-refractivity contribution >= 4 is 23.7 Å². The number of carbonyl (C=O) groups excluding carboxylic acids is 1. The highest BCUT2D eigenvalue weighted by Crippen LogP contribution is 2.22.